The number of benzene rings is 4. The zero-order valence-electron chi connectivity index (χ0n) is 23.4. The number of carbonyl (C=O) groups excluding carboxylic acids is 2. The Balaban J connectivity index is 1.63. The molecule has 0 bridgehead atoms. The van der Waals surface area contributed by atoms with Crippen LogP contribution in [-0.4, -0.2) is 11.8 Å². The van der Waals surface area contributed by atoms with Crippen molar-refractivity contribution in [1.82, 2.24) is 0 Å². The molecule has 2 N–H and O–H groups in total. The molecule has 4 heteroatoms. The Labute approximate surface area is 232 Å². The van der Waals surface area contributed by atoms with E-state index in [9.17, 15) is 9.59 Å². The SMILES string of the molecule is CCc1cc(Cc2cc(CC)c(NC(=O)c3ccccc3)c(CC)c2)cc(CC)c1NC(=O)c1ccccc1. The summed E-state index contributed by atoms with van der Waals surface area (Å²) in [7, 11) is 0. The molecule has 4 aromatic carbocycles. The lowest BCUT2D eigenvalue weighted by Gasteiger charge is -2.19. The fraction of sp³-hybridized carbons (Fsp3) is 0.257. The molecule has 4 aromatic rings. The normalized spacial score (nSPS) is 10.8. The van der Waals surface area contributed by atoms with Gasteiger partial charge in [0.1, 0.15) is 0 Å². The molecule has 0 fully saturated rings. The molecule has 0 spiro atoms. The van der Waals surface area contributed by atoms with Gasteiger partial charge in [-0.1, -0.05) is 88.4 Å². The number of hydrogen-bond donors (Lipinski definition) is 2. The minimum absolute atomic E-state index is 0.0823. The van der Waals surface area contributed by atoms with E-state index in [-0.39, 0.29) is 11.8 Å². The molecule has 0 aliphatic carbocycles. The predicted molar refractivity (Wildman–Crippen MR) is 162 cm³/mol. The van der Waals surface area contributed by atoms with E-state index in [1.54, 1.807) is 0 Å². The molecule has 0 atom stereocenters. The molecule has 0 saturated carbocycles. The van der Waals surface area contributed by atoms with Gasteiger partial charge in [0, 0.05) is 22.5 Å². The van der Waals surface area contributed by atoms with Gasteiger partial charge in [0.25, 0.3) is 11.8 Å². The summed E-state index contributed by atoms with van der Waals surface area (Å²) in [5.41, 5.74) is 10.2. The first-order valence-corrected chi connectivity index (χ1v) is 14.0. The highest BCUT2D eigenvalue weighted by Crippen LogP contribution is 2.30. The monoisotopic (exact) mass is 518 g/mol. The second-order valence-corrected chi connectivity index (χ2v) is 9.81. The average Bonchev–Trinajstić information content (AvgIpc) is 2.98. The summed E-state index contributed by atoms with van der Waals surface area (Å²) in [6.45, 7) is 8.52. The van der Waals surface area contributed by atoms with Crippen molar-refractivity contribution < 1.29 is 9.59 Å². The molecule has 2 amide bonds. The summed E-state index contributed by atoms with van der Waals surface area (Å²) in [6.07, 6.45) is 4.11. The van der Waals surface area contributed by atoms with Crippen LogP contribution in [0.1, 0.15) is 81.8 Å². The Morgan fingerprint density at radius 1 is 0.513 bits per heavy atom. The zero-order valence-corrected chi connectivity index (χ0v) is 23.4. The van der Waals surface area contributed by atoms with Gasteiger partial charge < -0.3 is 10.6 Å². The van der Waals surface area contributed by atoms with E-state index in [1.165, 1.54) is 11.1 Å². The quantitative estimate of drug-likeness (QED) is 0.223. The van der Waals surface area contributed by atoms with Gasteiger partial charge in [-0.15, -0.1) is 0 Å². The van der Waals surface area contributed by atoms with Crippen molar-refractivity contribution in [3.8, 4) is 0 Å². The molecular weight excluding hydrogens is 480 g/mol. The largest absolute Gasteiger partial charge is 0.321 e. The number of nitrogens with one attached hydrogen (secondary N) is 2. The van der Waals surface area contributed by atoms with E-state index >= 15 is 0 Å². The van der Waals surface area contributed by atoms with E-state index in [4.69, 9.17) is 0 Å². The number of rotatable bonds is 10. The average molecular weight is 519 g/mol. The van der Waals surface area contributed by atoms with Gasteiger partial charge in [0.2, 0.25) is 0 Å². The highest BCUT2D eigenvalue weighted by molar-refractivity contribution is 6.05. The third-order valence-corrected chi connectivity index (χ3v) is 7.20. The lowest BCUT2D eigenvalue weighted by molar-refractivity contribution is 0.101. The van der Waals surface area contributed by atoms with Crippen LogP contribution in [0.25, 0.3) is 0 Å². The van der Waals surface area contributed by atoms with Gasteiger partial charge in [0.05, 0.1) is 0 Å². The minimum Gasteiger partial charge on any atom is -0.321 e. The molecule has 0 saturated heterocycles. The molecule has 0 aliphatic rings. The van der Waals surface area contributed by atoms with Gasteiger partial charge in [-0.2, -0.15) is 0 Å². The Morgan fingerprint density at radius 2 is 0.821 bits per heavy atom. The van der Waals surface area contributed by atoms with E-state index < -0.39 is 0 Å². The first-order valence-electron chi connectivity index (χ1n) is 14.0. The smallest absolute Gasteiger partial charge is 0.255 e. The molecule has 0 heterocycles. The van der Waals surface area contributed by atoms with Crippen molar-refractivity contribution in [1.29, 1.82) is 0 Å². The topological polar surface area (TPSA) is 58.2 Å². The summed E-state index contributed by atoms with van der Waals surface area (Å²) in [6, 6.07) is 27.6. The standard InChI is InChI=1S/C35H38N2O2/c1-5-26-20-24(21-27(6-2)32(26)36-34(38)30-15-11-9-12-16-30)19-25-22-28(7-3)33(29(8-4)23-25)37-35(39)31-17-13-10-14-18-31/h9-18,20-23H,5-8,19H2,1-4H3,(H,36,38)(H,37,39). The number of aryl methyl sites for hydroxylation is 4. The summed E-state index contributed by atoms with van der Waals surface area (Å²) in [5, 5.41) is 6.37. The number of hydrogen-bond acceptors (Lipinski definition) is 2. The van der Waals surface area contributed by atoms with Crippen molar-refractivity contribution in [3.05, 3.63) is 129 Å². The van der Waals surface area contributed by atoms with E-state index in [0.717, 1.165) is 65.7 Å². The Kier molecular flexibility index (Phi) is 9.32. The maximum Gasteiger partial charge on any atom is 0.255 e. The summed E-state index contributed by atoms with van der Waals surface area (Å²) in [5.74, 6) is -0.165. The van der Waals surface area contributed by atoms with Gasteiger partial charge >= 0.3 is 0 Å². The Hall–Kier alpha value is -4.18. The van der Waals surface area contributed by atoms with Crippen molar-refractivity contribution in [2.24, 2.45) is 0 Å². The van der Waals surface area contributed by atoms with Crippen LogP contribution >= 0.6 is 0 Å². The van der Waals surface area contributed by atoms with Crippen LogP contribution < -0.4 is 10.6 Å². The number of anilines is 2. The van der Waals surface area contributed by atoms with Crippen LogP contribution in [0.2, 0.25) is 0 Å². The molecule has 39 heavy (non-hydrogen) atoms. The van der Waals surface area contributed by atoms with Crippen LogP contribution in [0.5, 0.6) is 0 Å². The fourth-order valence-corrected chi connectivity index (χ4v) is 5.11. The molecule has 4 nitrogen and oxygen atoms in total. The number of amides is 2. The molecular formula is C35H38N2O2. The molecule has 4 rings (SSSR count). The van der Waals surface area contributed by atoms with Crippen LogP contribution in [-0.2, 0) is 32.1 Å². The molecule has 0 aliphatic heterocycles. The third kappa shape index (κ3) is 6.64. The zero-order chi connectivity index (χ0) is 27.8. The summed E-state index contributed by atoms with van der Waals surface area (Å²) in [4.78, 5) is 25.9. The second-order valence-electron chi connectivity index (χ2n) is 9.81. The first-order chi connectivity index (χ1) is 19.0. The Bertz CT molecular complexity index is 1280. The molecule has 0 aromatic heterocycles. The highest BCUT2D eigenvalue weighted by atomic mass is 16.2. The summed E-state index contributed by atoms with van der Waals surface area (Å²) < 4.78 is 0. The lowest BCUT2D eigenvalue weighted by Crippen LogP contribution is -2.15. The van der Waals surface area contributed by atoms with Crippen molar-refractivity contribution in [3.63, 3.8) is 0 Å². The third-order valence-electron chi connectivity index (χ3n) is 7.20. The van der Waals surface area contributed by atoms with Gasteiger partial charge in [-0.3, -0.25) is 9.59 Å². The Morgan fingerprint density at radius 3 is 1.10 bits per heavy atom. The van der Waals surface area contributed by atoms with Crippen molar-refractivity contribution in [2.75, 3.05) is 10.6 Å². The van der Waals surface area contributed by atoms with Gasteiger partial charge in [-0.25, -0.2) is 0 Å². The minimum atomic E-state index is -0.0823. The van der Waals surface area contributed by atoms with Crippen LogP contribution in [0.3, 0.4) is 0 Å². The van der Waals surface area contributed by atoms with E-state index in [0.29, 0.717) is 11.1 Å². The number of carbonyl (C=O) groups is 2. The lowest BCUT2D eigenvalue weighted by atomic mass is 9.92. The predicted octanol–water partition coefficient (Wildman–Crippen LogP) is 8.03. The molecule has 200 valence electrons. The van der Waals surface area contributed by atoms with Crippen LogP contribution in [0.15, 0.2) is 84.9 Å². The van der Waals surface area contributed by atoms with Gasteiger partial charge in [-0.05, 0) is 89.8 Å². The highest BCUT2D eigenvalue weighted by Gasteiger charge is 2.16. The maximum absolute atomic E-state index is 12.9. The van der Waals surface area contributed by atoms with Crippen molar-refractivity contribution in [2.45, 2.75) is 59.8 Å². The second kappa shape index (κ2) is 13.1. The molecule has 0 radical (unpaired) electrons. The molecule has 0 unspecified atom stereocenters. The van der Waals surface area contributed by atoms with Crippen LogP contribution in [0, 0.1) is 0 Å². The maximum atomic E-state index is 12.9. The fourth-order valence-electron chi connectivity index (χ4n) is 5.11. The summed E-state index contributed by atoms with van der Waals surface area (Å²) >= 11 is 0. The van der Waals surface area contributed by atoms with E-state index in [2.05, 4.69) is 62.6 Å². The van der Waals surface area contributed by atoms with Gasteiger partial charge in [0.15, 0.2) is 0 Å². The van der Waals surface area contributed by atoms with Crippen molar-refractivity contribution >= 4 is 23.2 Å². The first kappa shape index (κ1) is 27.8. The van der Waals surface area contributed by atoms with Crippen LogP contribution in [0.4, 0.5) is 11.4 Å². The van der Waals surface area contributed by atoms with E-state index in [1.807, 2.05) is 60.7 Å².